The molecule has 1 aromatic carbocycles. The van der Waals surface area contributed by atoms with Gasteiger partial charge in [-0.3, -0.25) is 14.4 Å². The van der Waals surface area contributed by atoms with Gasteiger partial charge in [0.1, 0.15) is 6.04 Å². The maximum atomic E-state index is 14.9. The predicted octanol–water partition coefficient (Wildman–Crippen LogP) is 4.59. The van der Waals surface area contributed by atoms with E-state index in [0.717, 1.165) is 56.6 Å². The molecule has 1 spiro atoms. The fraction of sp³-hybridized carbons (Fsp3) is 0.618. The monoisotopic (exact) mass is 610 g/mol. The molecule has 3 fully saturated rings. The van der Waals surface area contributed by atoms with Crippen molar-refractivity contribution in [1.82, 2.24) is 9.80 Å². The Bertz CT molecular complexity index is 1170. The molecule has 1 N–H and O–H groups in total. The Labute approximate surface area is 262 Å². The van der Waals surface area contributed by atoms with E-state index in [9.17, 15) is 19.5 Å². The van der Waals surface area contributed by atoms with Crippen molar-refractivity contribution in [2.24, 2.45) is 17.8 Å². The van der Waals surface area contributed by atoms with E-state index in [2.05, 4.69) is 38.8 Å². The molecule has 3 heterocycles. The molecule has 3 amide bonds. The Kier molecular flexibility index (Phi) is 11.0. The first-order valence-electron chi connectivity index (χ1n) is 15.9. The second-order valence-corrected chi connectivity index (χ2v) is 13.7. The summed E-state index contributed by atoms with van der Waals surface area (Å²) < 4.78 is -0.667. The van der Waals surface area contributed by atoms with E-state index in [1.807, 2.05) is 29.2 Å². The summed E-state index contributed by atoms with van der Waals surface area (Å²) in [6.45, 7) is 17.3. The fourth-order valence-electron chi connectivity index (χ4n) is 7.64. The van der Waals surface area contributed by atoms with Crippen molar-refractivity contribution in [1.29, 1.82) is 0 Å². The van der Waals surface area contributed by atoms with E-state index in [-0.39, 0.29) is 35.5 Å². The Morgan fingerprint density at radius 1 is 1.02 bits per heavy atom. The number of hydrogen-bond donors (Lipinski definition) is 1. The van der Waals surface area contributed by atoms with Crippen molar-refractivity contribution >= 4 is 40.9 Å². The molecule has 6 atom stereocenters. The third-order valence-electron chi connectivity index (χ3n) is 9.72. The summed E-state index contributed by atoms with van der Waals surface area (Å²) in [5.74, 6) is -1.08. The molecule has 3 aliphatic rings. The average Bonchev–Trinajstić information content (AvgIpc) is 3.59. The lowest BCUT2D eigenvalue weighted by Crippen LogP contribution is -2.57. The van der Waals surface area contributed by atoms with Gasteiger partial charge in [0.05, 0.1) is 16.6 Å². The minimum Gasteiger partial charge on any atom is -0.396 e. The van der Waals surface area contributed by atoms with Gasteiger partial charge in [0.2, 0.25) is 11.8 Å². The molecule has 2 bridgehead atoms. The summed E-state index contributed by atoms with van der Waals surface area (Å²) in [5.41, 5.74) is 1.88. The fourth-order valence-corrected chi connectivity index (χ4v) is 10.0. The number of aliphatic hydroxyl groups excluding tert-OH is 1. The number of anilines is 2. The van der Waals surface area contributed by atoms with Crippen molar-refractivity contribution in [2.75, 3.05) is 56.2 Å². The van der Waals surface area contributed by atoms with E-state index in [1.54, 1.807) is 40.8 Å². The number of aliphatic hydroxyl groups is 1. The normalized spacial score (nSPS) is 27.2. The van der Waals surface area contributed by atoms with Crippen LogP contribution >= 0.6 is 11.8 Å². The number of hydrogen-bond acceptors (Lipinski definition) is 6. The zero-order valence-corrected chi connectivity index (χ0v) is 27.2. The summed E-state index contributed by atoms with van der Waals surface area (Å²) in [6.07, 6.45) is 7.45. The van der Waals surface area contributed by atoms with Crippen LogP contribution < -0.4 is 9.80 Å². The third-order valence-corrected chi connectivity index (χ3v) is 11.8. The molecular weight excluding hydrogens is 560 g/mol. The molecule has 0 aromatic heterocycles. The number of thioether (sulfide) groups is 1. The second-order valence-electron chi connectivity index (χ2n) is 12.2. The zero-order valence-electron chi connectivity index (χ0n) is 26.4. The molecule has 3 saturated heterocycles. The number of nitrogens with zero attached hydrogens (tertiary/aromatic N) is 4. The quantitative estimate of drug-likeness (QED) is 0.218. The van der Waals surface area contributed by atoms with Crippen molar-refractivity contribution in [3.8, 4) is 0 Å². The molecule has 3 unspecified atom stereocenters. The first kappa shape index (κ1) is 33.1. The first-order chi connectivity index (χ1) is 20.7. The number of likely N-dealkylation sites (tertiary alicyclic amines) is 1. The number of fused-ring (bicyclic) bond motifs is 1. The molecule has 43 heavy (non-hydrogen) atoms. The molecule has 0 radical (unpaired) electrons. The van der Waals surface area contributed by atoms with Gasteiger partial charge in [-0.05, 0) is 63.3 Å². The molecular formula is C34H50N4O4S. The Morgan fingerprint density at radius 2 is 1.65 bits per heavy atom. The van der Waals surface area contributed by atoms with Gasteiger partial charge >= 0.3 is 0 Å². The van der Waals surface area contributed by atoms with Crippen LogP contribution in [-0.2, 0) is 14.4 Å². The molecule has 4 rings (SSSR count). The maximum absolute atomic E-state index is 14.9. The van der Waals surface area contributed by atoms with Crippen molar-refractivity contribution < 1.29 is 19.5 Å². The van der Waals surface area contributed by atoms with Crippen molar-refractivity contribution in [2.45, 2.75) is 68.9 Å². The number of benzene rings is 1. The van der Waals surface area contributed by atoms with E-state index < -0.39 is 22.6 Å². The SMILES string of the molecule is C=CCN(C)C(=O)[C@@H]1[C@@H]2CC(C)C3(S2)C(C(=O)N(CC=C)c2ccc(N(CC)CC)cc2)N(CCCCCCO)C(=O)[C@H]13. The molecule has 1 aromatic rings. The van der Waals surface area contributed by atoms with Crippen LogP contribution in [0.4, 0.5) is 11.4 Å². The van der Waals surface area contributed by atoms with Gasteiger partial charge < -0.3 is 24.7 Å². The van der Waals surface area contributed by atoms with Crippen LogP contribution in [0.3, 0.4) is 0 Å². The van der Waals surface area contributed by atoms with Crippen LogP contribution in [0.15, 0.2) is 49.6 Å². The smallest absolute Gasteiger partial charge is 0.251 e. The lowest BCUT2D eigenvalue weighted by Gasteiger charge is -2.41. The van der Waals surface area contributed by atoms with Crippen LogP contribution in [0, 0.1) is 17.8 Å². The van der Waals surface area contributed by atoms with Crippen LogP contribution in [0.5, 0.6) is 0 Å². The zero-order chi connectivity index (χ0) is 31.3. The standard InChI is InChI=1S/C34H50N4O4S/c1-7-19-35(6)31(40)28-27-23-24(5)34(43-27)29(28)32(41)38(21-13-11-12-14-22-39)30(34)33(42)37(20-8-2)26-17-15-25(16-18-26)36(9-3)10-4/h7-8,15-18,24,27-30,39H,1-2,9-14,19-23H2,3-6H3/t24?,27-,28+,29-,30?,34?/m0/s1. The summed E-state index contributed by atoms with van der Waals surface area (Å²) in [6, 6.07) is 7.40. The van der Waals surface area contributed by atoms with Gasteiger partial charge in [-0.25, -0.2) is 0 Å². The highest BCUT2D eigenvalue weighted by atomic mass is 32.2. The summed E-state index contributed by atoms with van der Waals surface area (Å²) in [7, 11) is 1.77. The second kappa shape index (κ2) is 14.3. The Morgan fingerprint density at radius 3 is 2.26 bits per heavy atom. The van der Waals surface area contributed by atoms with Crippen LogP contribution in [0.2, 0.25) is 0 Å². The summed E-state index contributed by atoms with van der Waals surface area (Å²) >= 11 is 1.71. The number of amides is 3. The van der Waals surface area contributed by atoms with Gasteiger partial charge in [0.25, 0.3) is 5.91 Å². The lowest BCUT2D eigenvalue weighted by atomic mass is 9.65. The summed E-state index contributed by atoms with van der Waals surface area (Å²) in [5, 5.41) is 9.24. The van der Waals surface area contributed by atoms with Crippen molar-refractivity contribution in [3.05, 3.63) is 49.6 Å². The van der Waals surface area contributed by atoms with Gasteiger partial charge in [-0.1, -0.05) is 31.9 Å². The number of carbonyl (C=O) groups is 3. The molecule has 236 valence electrons. The largest absolute Gasteiger partial charge is 0.396 e. The van der Waals surface area contributed by atoms with Crippen molar-refractivity contribution in [3.63, 3.8) is 0 Å². The maximum Gasteiger partial charge on any atom is 0.251 e. The Balaban J connectivity index is 1.73. The van der Waals surface area contributed by atoms with Gasteiger partial charge in [0, 0.05) is 63.0 Å². The number of carbonyl (C=O) groups excluding carboxylic acids is 3. The Hall–Kier alpha value is -2.78. The van der Waals surface area contributed by atoms with E-state index in [1.165, 1.54) is 0 Å². The van der Waals surface area contributed by atoms with E-state index >= 15 is 0 Å². The molecule has 8 nitrogen and oxygen atoms in total. The van der Waals surface area contributed by atoms with Crippen LogP contribution in [0.1, 0.15) is 52.9 Å². The topological polar surface area (TPSA) is 84.4 Å². The molecule has 3 aliphatic heterocycles. The molecule has 0 aliphatic carbocycles. The van der Waals surface area contributed by atoms with Gasteiger partial charge in [-0.2, -0.15) is 0 Å². The van der Waals surface area contributed by atoms with Crippen LogP contribution in [-0.4, -0.2) is 95.0 Å². The highest BCUT2D eigenvalue weighted by molar-refractivity contribution is 8.02. The number of rotatable bonds is 16. The third kappa shape index (κ3) is 5.99. The van der Waals surface area contributed by atoms with Crippen LogP contribution in [0.25, 0.3) is 0 Å². The molecule has 9 heteroatoms. The van der Waals surface area contributed by atoms with E-state index in [0.29, 0.717) is 19.6 Å². The highest BCUT2D eigenvalue weighted by Crippen LogP contribution is 2.69. The average molecular weight is 611 g/mol. The van der Waals surface area contributed by atoms with Gasteiger partial charge in [-0.15, -0.1) is 24.9 Å². The summed E-state index contributed by atoms with van der Waals surface area (Å²) in [4.78, 5) is 50.6. The van der Waals surface area contributed by atoms with E-state index in [4.69, 9.17) is 0 Å². The number of likely N-dealkylation sites (N-methyl/N-ethyl adjacent to an activating group) is 1. The predicted molar refractivity (Wildman–Crippen MR) is 176 cm³/mol. The minimum absolute atomic E-state index is 0.00641. The minimum atomic E-state index is -0.669. The number of unbranched alkanes of at least 4 members (excludes halogenated alkanes) is 3. The van der Waals surface area contributed by atoms with Gasteiger partial charge in [0.15, 0.2) is 0 Å². The highest BCUT2D eigenvalue weighted by Gasteiger charge is 2.76. The lowest BCUT2D eigenvalue weighted by molar-refractivity contribution is -0.143. The molecule has 0 saturated carbocycles. The first-order valence-corrected chi connectivity index (χ1v) is 16.8.